The molecule has 1 aromatic carbocycles. The van der Waals surface area contributed by atoms with E-state index in [0.717, 1.165) is 24.7 Å². The predicted molar refractivity (Wildman–Crippen MR) is 67.9 cm³/mol. The van der Waals surface area contributed by atoms with Crippen molar-refractivity contribution in [1.82, 2.24) is 0 Å². The van der Waals surface area contributed by atoms with Gasteiger partial charge in [-0.05, 0) is 36.8 Å². The van der Waals surface area contributed by atoms with Gasteiger partial charge in [-0.3, -0.25) is 0 Å². The van der Waals surface area contributed by atoms with E-state index in [1.165, 1.54) is 29.9 Å². The Morgan fingerprint density at radius 2 is 2.06 bits per heavy atom. The molecule has 87 valence electrons. The normalized spacial score (nSPS) is 15.5. The Hall–Kier alpha value is -0.980. The zero-order chi connectivity index (χ0) is 11.5. The molecule has 0 N–H and O–H groups in total. The Bertz CT molecular complexity index is 350. The molecule has 0 aliphatic heterocycles. The van der Waals surface area contributed by atoms with Crippen LogP contribution in [0.1, 0.15) is 57.1 Å². The van der Waals surface area contributed by atoms with Gasteiger partial charge < -0.3 is 4.74 Å². The van der Waals surface area contributed by atoms with Gasteiger partial charge in [0.05, 0.1) is 6.61 Å². The maximum Gasteiger partial charge on any atom is 0.123 e. The third kappa shape index (κ3) is 2.58. The molecule has 0 saturated heterocycles. The summed E-state index contributed by atoms with van der Waals surface area (Å²) in [5.41, 5.74) is 2.78. The maximum atomic E-state index is 5.78. The van der Waals surface area contributed by atoms with Gasteiger partial charge in [-0.15, -0.1) is 0 Å². The van der Waals surface area contributed by atoms with Crippen molar-refractivity contribution < 1.29 is 4.74 Å². The number of rotatable bonds is 5. The monoisotopic (exact) mass is 217 g/mol. The molecule has 1 fully saturated rings. The summed E-state index contributed by atoms with van der Waals surface area (Å²) in [7, 11) is 0. The molecule has 1 saturated carbocycles. The van der Waals surface area contributed by atoms with Gasteiger partial charge >= 0.3 is 0 Å². The Morgan fingerprint density at radius 1 is 1.31 bits per heavy atom. The Balaban J connectivity index is 2.21. The fraction of sp³-hybridized carbons (Fsp3) is 0.533. The molecule has 0 amide bonds. The summed E-state index contributed by atoms with van der Waals surface area (Å²) >= 11 is 0. The van der Waals surface area contributed by atoms with Crippen LogP contribution >= 0.6 is 0 Å². The summed E-state index contributed by atoms with van der Waals surface area (Å²) in [5.74, 6) is 3.21. The van der Waals surface area contributed by atoms with Crippen LogP contribution < -0.4 is 4.74 Å². The van der Waals surface area contributed by atoms with Crippen LogP contribution in [0.4, 0.5) is 0 Å². The number of benzene rings is 1. The highest BCUT2D eigenvalue weighted by Crippen LogP contribution is 2.42. The molecule has 1 heteroatoms. The van der Waals surface area contributed by atoms with Crippen LogP contribution in [0.25, 0.3) is 0 Å². The van der Waals surface area contributed by atoms with E-state index in [9.17, 15) is 0 Å². The highest BCUT2D eigenvalue weighted by atomic mass is 16.5. The van der Waals surface area contributed by atoms with Gasteiger partial charge in [0.15, 0.2) is 0 Å². The first-order chi connectivity index (χ1) is 7.72. The van der Waals surface area contributed by atoms with E-state index in [1.807, 2.05) is 0 Å². The molecule has 0 bridgehead atoms. The number of hydrogen-bond donors (Lipinski definition) is 0. The molecular weight excluding hydrogens is 196 g/mol. The second-order valence-corrected chi connectivity index (χ2v) is 4.88. The van der Waals surface area contributed by atoms with Crippen LogP contribution in [0, 0.1) is 5.92 Å². The standard InChI is InChI=1S/C15H21O/c1-4-9-16-15-8-7-13(12-5-6-12)10-14(15)11(2)3/h7-8,10,12H,4-6,9H2,1-3H3. The molecular formula is C15H21O. The minimum Gasteiger partial charge on any atom is -0.493 e. The topological polar surface area (TPSA) is 9.23 Å². The van der Waals surface area contributed by atoms with Crippen molar-refractivity contribution in [1.29, 1.82) is 0 Å². The lowest BCUT2D eigenvalue weighted by Crippen LogP contribution is -2.01. The summed E-state index contributed by atoms with van der Waals surface area (Å²) in [6.45, 7) is 7.26. The van der Waals surface area contributed by atoms with Crippen LogP contribution in [-0.4, -0.2) is 6.61 Å². The largest absolute Gasteiger partial charge is 0.493 e. The molecule has 1 aromatic rings. The molecule has 1 aliphatic carbocycles. The van der Waals surface area contributed by atoms with E-state index in [2.05, 4.69) is 39.0 Å². The van der Waals surface area contributed by atoms with Crippen molar-refractivity contribution in [3.05, 3.63) is 35.2 Å². The molecule has 1 nitrogen and oxygen atoms in total. The quantitative estimate of drug-likeness (QED) is 0.714. The smallest absolute Gasteiger partial charge is 0.123 e. The lowest BCUT2D eigenvalue weighted by Gasteiger charge is -2.14. The van der Waals surface area contributed by atoms with Gasteiger partial charge in [0, 0.05) is 11.5 Å². The molecule has 0 spiro atoms. The summed E-state index contributed by atoms with van der Waals surface area (Å²) < 4.78 is 5.78. The van der Waals surface area contributed by atoms with Crippen LogP contribution in [-0.2, 0) is 0 Å². The van der Waals surface area contributed by atoms with Gasteiger partial charge in [-0.1, -0.05) is 32.9 Å². The Kier molecular flexibility index (Phi) is 3.52. The highest BCUT2D eigenvalue weighted by molar-refractivity contribution is 5.46. The van der Waals surface area contributed by atoms with Crippen molar-refractivity contribution >= 4 is 0 Å². The van der Waals surface area contributed by atoms with Gasteiger partial charge in [-0.2, -0.15) is 0 Å². The molecule has 16 heavy (non-hydrogen) atoms. The predicted octanol–water partition coefficient (Wildman–Crippen LogP) is 4.32. The molecule has 0 atom stereocenters. The zero-order valence-corrected chi connectivity index (χ0v) is 10.5. The first kappa shape index (κ1) is 11.5. The third-order valence-corrected chi connectivity index (χ3v) is 3.05. The van der Waals surface area contributed by atoms with Crippen molar-refractivity contribution in [2.75, 3.05) is 6.61 Å². The third-order valence-electron chi connectivity index (χ3n) is 3.05. The van der Waals surface area contributed by atoms with E-state index in [-0.39, 0.29) is 0 Å². The number of hydrogen-bond acceptors (Lipinski definition) is 1. The molecule has 1 aliphatic rings. The van der Waals surface area contributed by atoms with Crippen LogP contribution in [0.5, 0.6) is 5.75 Å². The van der Waals surface area contributed by atoms with E-state index in [0.29, 0.717) is 0 Å². The SMILES string of the molecule is CCCOc1ccc(C2CC2)cc1[C](C)C. The Morgan fingerprint density at radius 3 is 2.62 bits per heavy atom. The highest BCUT2D eigenvalue weighted by Gasteiger charge is 2.24. The lowest BCUT2D eigenvalue weighted by molar-refractivity contribution is 0.315. The van der Waals surface area contributed by atoms with E-state index >= 15 is 0 Å². The van der Waals surface area contributed by atoms with Crippen molar-refractivity contribution in [2.45, 2.75) is 46.0 Å². The molecule has 0 unspecified atom stereocenters. The van der Waals surface area contributed by atoms with Crippen molar-refractivity contribution in [2.24, 2.45) is 0 Å². The van der Waals surface area contributed by atoms with Gasteiger partial charge in [0.25, 0.3) is 0 Å². The van der Waals surface area contributed by atoms with E-state index in [4.69, 9.17) is 4.74 Å². The summed E-state index contributed by atoms with van der Waals surface area (Å²) in [6.07, 6.45) is 3.78. The van der Waals surface area contributed by atoms with Crippen LogP contribution in [0.3, 0.4) is 0 Å². The molecule has 2 rings (SSSR count). The molecule has 0 aromatic heterocycles. The van der Waals surface area contributed by atoms with Gasteiger partial charge in [0.2, 0.25) is 0 Å². The summed E-state index contributed by atoms with van der Waals surface area (Å²) in [6, 6.07) is 6.69. The second-order valence-electron chi connectivity index (χ2n) is 4.88. The van der Waals surface area contributed by atoms with Crippen molar-refractivity contribution in [3.8, 4) is 5.75 Å². The first-order valence-electron chi connectivity index (χ1n) is 6.29. The van der Waals surface area contributed by atoms with Gasteiger partial charge in [-0.25, -0.2) is 0 Å². The Labute approximate surface area is 98.8 Å². The minimum atomic E-state index is 0.809. The zero-order valence-electron chi connectivity index (χ0n) is 10.5. The molecule has 1 radical (unpaired) electrons. The summed E-state index contributed by atoms with van der Waals surface area (Å²) in [5, 5.41) is 0. The van der Waals surface area contributed by atoms with E-state index < -0.39 is 0 Å². The molecule has 0 heterocycles. The average molecular weight is 217 g/mol. The van der Waals surface area contributed by atoms with Crippen molar-refractivity contribution in [3.63, 3.8) is 0 Å². The van der Waals surface area contributed by atoms with Crippen LogP contribution in [0.15, 0.2) is 18.2 Å². The first-order valence-corrected chi connectivity index (χ1v) is 6.29. The van der Waals surface area contributed by atoms with Crippen LogP contribution in [0.2, 0.25) is 0 Å². The lowest BCUT2D eigenvalue weighted by atomic mass is 9.98. The number of ether oxygens (including phenoxy) is 1. The van der Waals surface area contributed by atoms with Gasteiger partial charge in [0.1, 0.15) is 5.75 Å². The minimum absolute atomic E-state index is 0.809. The summed E-state index contributed by atoms with van der Waals surface area (Å²) in [4.78, 5) is 0. The fourth-order valence-corrected chi connectivity index (χ4v) is 1.95. The van der Waals surface area contributed by atoms with E-state index in [1.54, 1.807) is 0 Å². The average Bonchev–Trinajstić information content (AvgIpc) is 3.09. The second kappa shape index (κ2) is 4.90. The maximum absolute atomic E-state index is 5.78. The fourth-order valence-electron chi connectivity index (χ4n) is 1.95.